The molecule has 1 aliphatic heterocycles. The van der Waals surface area contributed by atoms with E-state index in [1.54, 1.807) is 6.07 Å². The van der Waals surface area contributed by atoms with Crippen molar-refractivity contribution in [2.45, 2.75) is 6.54 Å². The quantitative estimate of drug-likeness (QED) is 0.690. The number of para-hydroxylation sites is 1. The van der Waals surface area contributed by atoms with Gasteiger partial charge in [0.2, 0.25) is 5.76 Å². The van der Waals surface area contributed by atoms with Gasteiger partial charge in [0.05, 0.1) is 18.7 Å². The minimum absolute atomic E-state index is 0.248. The van der Waals surface area contributed by atoms with E-state index >= 15 is 0 Å². The van der Waals surface area contributed by atoms with Gasteiger partial charge in [0.1, 0.15) is 18.1 Å². The summed E-state index contributed by atoms with van der Waals surface area (Å²) in [6.07, 6.45) is 0. The molecule has 3 rings (SSSR count). The van der Waals surface area contributed by atoms with Crippen molar-refractivity contribution in [3.8, 4) is 5.75 Å². The lowest BCUT2D eigenvalue weighted by Gasteiger charge is -2.34. The standard InChI is InChI=1S/C19H23ClN2O4/c1-24-19(23)18-7-6-15(26-18)14-22-10-8-21(9-11-22)12-13-25-17-5-3-2-4-16(17)20/h2-7H,8-14H2,1H3. The van der Waals surface area contributed by atoms with Crippen LogP contribution < -0.4 is 4.74 Å². The molecule has 0 radical (unpaired) electrons. The second-order valence-corrected chi connectivity index (χ2v) is 6.56. The van der Waals surface area contributed by atoms with Crippen molar-refractivity contribution < 1.29 is 18.7 Å². The van der Waals surface area contributed by atoms with Gasteiger partial charge in [-0.1, -0.05) is 23.7 Å². The first-order valence-electron chi connectivity index (χ1n) is 8.65. The molecule has 0 spiro atoms. The van der Waals surface area contributed by atoms with Crippen molar-refractivity contribution in [2.24, 2.45) is 0 Å². The molecule has 2 aromatic rings. The van der Waals surface area contributed by atoms with Crippen molar-refractivity contribution in [2.75, 3.05) is 46.4 Å². The molecule has 0 N–H and O–H groups in total. The second kappa shape index (κ2) is 9.07. The number of nitrogens with zero attached hydrogens (tertiary/aromatic N) is 2. The molecule has 6 nitrogen and oxygen atoms in total. The maximum Gasteiger partial charge on any atom is 0.373 e. The Bertz CT molecular complexity index is 726. The van der Waals surface area contributed by atoms with Gasteiger partial charge in [-0.25, -0.2) is 4.79 Å². The number of hydrogen-bond acceptors (Lipinski definition) is 6. The van der Waals surface area contributed by atoms with Crippen LogP contribution in [0.3, 0.4) is 0 Å². The van der Waals surface area contributed by atoms with Crippen molar-refractivity contribution in [1.29, 1.82) is 0 Å². The number of esters is 1. The van der Waals surface area contributed by atoms with Crippen LogP contribution in [0.2, 0.25) is 5.02 Å². The lowest BCUT2D eigenvalue weighted by Crippen LogP contribution is -2.46. The number of carbonyl (C=O) groups excluding carboxylic acids is 1. The summed E-state index contributed by atoms with van der Waals surface area (Å²) in [4.78, 5) is 16.1. The van der Waals surface area contributed by atoms with Crippen molar-refractivity contribution in [1.82, 2.24) is 9.80 Å². The minimum Gasteiger partial charge on any atom is -0.491 e. The van der Waals surface area contributed by atoms with Crippen LogP contribution in [0.4, 0.5) is 0 Å². The number of benzene rings is 1. The van der Waals surface area contributed by atoms with Crippen molar-refractivity contribution in [3.05, 3.63) is 52.9 Å². The molecule has 1 fully saturated rings. The topological polar surface area (TPSA) is 55.2 Å². The van der Waals surface area contributed by atoms with Gasteiger partial charge in [0, 0.05) is 32.7 Å². The third-order valence-corrected chi connectivity index (χ3v) is 4.71. The Balaban J connectivity index is 1.38. The number of piperazine rings is 1. The highest BCUT2D eigenvalue weighted by atomic mass is 35.5. The van der Waals surface area contributed by atoms with Crippen LogP contribution in [0.25, 0.3) is 0 Å². The van der Waals surface area contributed by atoms with Gasteiger partial charge in [0.15, 0.2) is 0 Å². The van der Waals surface area contributed by atoms with Gasteiger partial charge in [-0.15, -0.1) is 0 Å². The summed E-state index contributed by atoms with van der Waals surface area (Å²) < 4.78 is 15.9. The number of furan rings is 1. The summed E-state index contributed by atoms with van der Waals surface area (Å²) in [6.45, 7) is 6.01. The molecule has 0 atom stereocenters. The molecule has 2 heterocycles. The number of carbonyl (C=O) groups is 1. The van der Waals surface area contributed by atoms with Crippen LogP contribution in [0.1, 0.15) is 16.3 Å². The third-order valence-electron chi connectivity index (χ3n) is 4.39. The number of rotatable bonds is 7. The van der Waals surface area contributed by atoms with Gasteiger partial charge < -0.3 is 13.9 Å². The fourth-order valence-electron chi connectivity index (χ4n) is 2.91. The lowest BCUT2D eigenvalue weighted by atomic mass is 10.3. The van der Waals surface area contributed by atoms with Crippen molar-refractivity contribution >= 4 is 17.6 Å². The SMILES string of the molecule is COC(=O)c1ccc(CN2CCN(CCOc3ccccc3Cl)CC2)o1. The van der Waals surface area contributed by atoms with E-state index in [0.717, 1.165) is 44.2 Å². The zero-order chi connectivity index (χ0) is 18.4. The van der Waals surface area contributed by atoms with E-state index in [4.69, 9.17) is 20.8 Å². The number of methoxy groups -OCH3 is 1. The summed E-state index contributed by atoms with van der Waals surface area (Å²) in [6, 6.07) is 11.0. The van der Waals surface area contributed by atoms with Crippen LogP contribution in [-0.2, 0) is 11.3 Å². The molecule has 0 saturated carbocycles. The molecule has 1 aromatic heterocycles. The molecule has 1 aliphatic rings. The Morgan fingerprint density at radius 2 is 1.85 bits per heavy atom. The highest BCUT2D eigenvalue weighted by Crippen LogP contribution is 2.23. The van der Waals surface area contributed by atoms with Crippen LogP contribution in [0.5, 0.6) is 5.75 Å². The highest BCUT2D eigenvalue weighted by molar-refractivity contribution is 6.32. The molecule has 7 heteroatoms. The normalized spacial score (nSPS) is 15.8. The van der Waals surface area contributed by atoms with E-state index in [1.165, 1.54) is 7.11 Å². The lowest BCUT2D eigenvalue weighted by molar-refractivity contribution is 0.0558. The van der Waals surface area contributed by atoms with Crippen molar-refractivity contribution in [3.63, 3.8) is 0 Å². The first kappa shape index (κ1) is 18.8. The first-order valence-corrected chi connectivity index (χ1v) is 9.02. The van der Waals surface area contributed by atoms with Crippen LogP contribution in [0, 0.1) is 0 Å². The molecule has 0 aliphatic carbocycles. The summed E-state index contributed by atoms with van der Waals surface area (Å²) in [5.41, 5.74) is 0. The zero-order valence-electron chi connectivity index (χ0n) is 14.8. The third kappa shape index (κ3) is 5.00. The van der Waals surface area contributed by atoms with Crippen LogP contribution in [-0.4, -0.2) is 62.2 Å². The molecule has 0 amide bonds. The Morgan fingerprint density at radius 3 is 2.58 bits per heavy atom. The summed E-state index contributed by atoms with van der Waals surface area (Å²) in [7, 11) is 1.35. The average Bonchev–Trinajstić information content (AvgIpc) is 3.12. The van der Waals surface area contributed by atoms with Gasteiger partial charge in [-0.05, 0) is 24.3 Å². The maximum atomic E-state index is 11.4. The Morgan fingerprint density at radius 1 is 1.12 bits per heavy atom. The number of hydrogen-bond donors (Lipinski definition) is 0. The predicted molar refractivity (Wildman–Crippen MR) is 98.7 cm³/mol. The minimum atomic E-state index is -0.445. The molecule has 26 heavy (non-hydrogen) atoms. The number of halogens is 1. The van der Waals surface area contributed by atoms with E-state index in [2.05, 4.69) is 14.5 Å². The average molecular weight is 379 g/mol. The molecule has 0 unspecified atom stereocenters. The monoisotopic (exact) mass is 378 g/mol. The van der Waals surface area contributed by atoms with E-state index in [1.807, 2.05) is 30.3 Å². The Kier molecular flexibility index (Phi) is 6.55. The van der Waals surface area contributed by atoms with Crippen LogP contribution >= 0.6 is 11.6 Å². The van der Waals surface area contributed by atoms with E-state index in [0.29, 0.717) is 18.2 Å². The van der Waals surface area contributed by atoms with E-state index in [-0.39, 0.29) is 5.76 Å². The molecule has 140 valence electrons. The fourth-order valence-corrected chi connectivity index (χ4v) is 3.10. The zero-order valence-corrected chi connectivity index (χ0v) is 15.6. The maximum absolute atomic E-state index is 11.4. The Hall–Kier alpha value is -2.02. The summed E-state index contributed by atoms with van der Waals surface area (Å²) in [5.74, 6) is 1.31. The highest BCUT2D eigenvalue weighted by Gasteiger charge is 2.19. The van der Waals surface area contributed by atoms with E-state index in [9.17, 15) is 4.79 Å². The van der Waals surface area contributed by atoms with Gasteiger partial charge >= 0.3 is 5.97 Å². The summed E-state index contributed by atoms with van der Waals surface area (Å²) in [5, 5.41) is 0.641. The first-order chi connectivity index (χ1) is 12.7. The molecule has 1 saturated heterocycles. The van der Waals surface area contributed by atoms with Gasteiger partial charge in [-0.3, -0.25) is 9.80 Å². The smallest absolute Gasteiger partial charge is 0.373 e. The summed E-state index contributed by atoms with van der Waals surface area (Å²) >= 11 is 6.09. The predicted octanol–water partition coefficient (Wildman–Crippen LogP) is 2.92. The molecule has 0 bridgehead atoms. The fraction of sp³-hybridized carbons (Fsp3) is 0.421. The van der Waals surface area contributed by atoms with Gasteiger partial charge in [-0.2, -0.15) is 0 Å². The van der Waals surface area contributed by atoms with E-state index < -0.39 is 5.97 Å². The van der Waals surface area contributed by atoms with Gasteiger partial charge in [0.25, 0.3) is 0 Å². The molecular formula is C19H23ClN2O4. The molecule has 1 aromatic carbocycles. The largest absolute Gasteiger partial charge is 0.491 e. The number of ether oxygens (including phenoxy) is 2. The molecular weight excluding hydrogens is 356 g/mol. The Labute approximate surface area is 158 Å². The second-order valence-electron chi connectivity index (χ2n) is 6.15. The van der Waals surface area contributed by atoms with Crippen LogP contribution in [0.15, 0.2) is 40.8 Å².